The molecule has 21 heavy (non-hydrogen) atoms. The van der Waals surface area contributed by atoms with Crippen LogP contribution < -0.4 is 5.32 Å². The van der Waals surface area contributed by atoms with Crippen molar-refractivity contribution in [1.82, 2.24) is 15.2 Å². The number of nitrogens with zero attached hydrogens (tertiary/aromatic N) is 3. The van der Waals surface area contributed by atoms with Gasteiger partial charge in [-0.2, -0.15) is 5.10 Å². The molecular weight excluding hydrogens is 288 g/mol. The van der Waals surface area contributed by atoms with E-state index >= 15 is 0 Å². The molecule has 0 radical (unpaired) electrons. The fourth-order valence-electron chi connectivity index (χ4n) is 2.19. The summed E-state index contributed by atoms with van der Waals surface area (Å²) in [6.07, 6.45) is 3.79. The fraction of sp³-hybridized carbons (Fsp3) is 0.429. The van der Waals surface area contributed by atoms with Gasteiger partial charge in [0.25, 0.3) is 0 Å². The van der Waals surface area contributed by atoms with Crippen LogP contribution in [-0.2, 0) is 19.3 Å². The zero-order chi connectivity index (χ0) is 15.2. The fourth-order valence-corrected chi connectivity index (χ4v) is 2.81. The number of carbonyl (C=O) groups is 1. The minimum absolute atomic E-state index is 0.239. The summed E-state index contributed by atoms with van der Waals surface area (Å²) in [6.45, 7) is 4.46. The van der Waals surface area contributed by atoms with Crippen molar-refractivity contribution in [2.75, 3.05) is 11.9 Å². The van der Waals surface area contributed by atoms with Gasteiger partial charge in [0.15, 0.2) is 5.82 Å². The van der Waals surface area contributed by atoms with Gasteiger partial charge in [0.05, 0.1) is 10.7 Å². The molecule has 2 rings (SSSR count). The highest BCUT2D eigenvalue weighted by Crippen LogP contribution is 2.21. The Balaban J connectivity index is 2.20. The predicted octanol–water partition coefficient (Wildman–Crippen LogP) is 2.41. The number of aryl methyl sites for hydroxylation is 1. The Morgan fingerprint density at radius 1 is 1.33 bits per heavy atom. The van der Waals surface area contributed by atoms with E-state index in [4.69, 9.17) is 0 Å². The topological polar surface area (TPSA) is 88.0 Å². The lowest BCUT2D eigenvalue weighted by molar-refractivity contribution is 0.0696. The lowest BCUT2D eigenvalue weighted by Gasteiger charge is -2.13. The Morgan fingerprint density at radius 2 is 2.14 bits per heavy atom. The molecule has 112 valence electrons. The second-order valence-corrected chi connectivity index (χ2v) is 5.44. The standard InChI is InChI=1S/C14H18N4O2S/c1-3-9-10(4-2)17-18-13(12(9)14(19)20)16-6-5-11-15-7-8-21-11/h7-8H,3-6H2,1-2H3,(H,16,18)(H,19,20). The number of nitrogens with one attached hydrogen (secondary N) is 1. The maximum absolute atomic E-state index is 11.5. The number of rotatable bonds is 7. The molecule has 0 saturated carbocycles. The second-order valence-electron chi connectivity index (χ2n) is 4.46. The number of carboxylic acids is 1. The third kappa shape index (κ3) is 3.55. The molecule has 0 atom stereocenters. The average molecular weight is 306 g/mol. The van der Waals surface area contributed by atoms with Gasteiger partial charge < -0.3 is 10.4 Å². The molecular formula is C14H18N4O2S. The molecule has 7 heteroatoms. The highest BCUT2D eigenvalue weighted by molar-refractivity contribution is 7.09. The summed E-state index contributed by atoms with van der Waals surface area (Å²) in [5, 5.41) is 23.6. The number of thiazole rings is 1. The van der Waals surface area contributed by atoms with Crippen LogP contribution in [0, 0.1) is 0 Å². The molecule has 0 aliphatic carbocycles. The Kier molecular flexibility index (Phi) is 5.21. The molecule has 0 aromatic carbocycles. The van der Waals surface area contributed by atoms with E-state index in [1.165, 1.54) is 0 Å². The van der Waals surface area contributed by atoms with Crippen molar-refractivity contribution in [3.8, 4) is 0 Å². The van der Waals surface area contributed by atoms with Gasteiger partial charge in [0.1, 0.15) is 5.56 Å². The molecule has 0 bridgehead atoms. The Morgan fingerprint density at radius 3 is 2.71 bits per heavy atom. The van der Waals surface area contributed by atoms with Crippen molar-refractivity contribution in [3.05, 3.63) is 33.4 Å². The molecule has 0 aliphatic rings. The van der Waals surface area contributed by atoms with Crippen LogP contribution in [0.25, 0.3) is 0 Å². The van der Waals surface area contributed by atoms with Crippen molar-refractivity contribution in [3.63, 3.8) is 0 Å². The van der Waals surface area contributed by atoms with E-state index in [1.807, 2.05) is 19.2 Å². The van der Waals surface area contributed by atoms with Gasteiger partial charge in [0, 0.05) is 24.5 Å². The number of carboxylic acid groups (broad SMARTS) is 1. The lowest BCUT2D eigenvalue weighted by atomic mass is 10.0. The highest BCUT2D eigenvalue weighted by Gasteiger charge is 2.20. The van der Waals surface area contributed by atoms with E-state index in [0.717, 1.165) is 22.7 Å². The van der Waals surface area contributed by atoms with Gasteiger partial charge >= 0.3 is 5.97 Å². The number of hydrogen-bond donors (Lipinski definition) is 2. The maximum Gasteiger partial charge on any atom is 0.339 e. The normalized spacial score (nSPS) is 10.6. The Bertz CT molecular complexity index is 614. The van der Waals surface area contributed by atoms with Crippen LogP contribution in [0.5, 0.6) is 0 Å². The quantitative estimate of drug-likeness (QED) is 0.816. The molecule has 2 heterocycles. The molecule has 2 aromatic rings. The van der Waals surface area contributed by atoms with E-state index in [9.17, 15) is 9.90 Å². The first-order chi connectivity index (χ1) is 10.2. The van der Waals surface area contributed by atoms with Crippen LogP contribution in [0.1, 0.15) is 40.5 Å². The summed E-state index contributed by atoms with van der Waals surface area (Å²) in [6, 6.07) is 0. The molecule has 2 aromatic heterocycles. The first kappa shape index (κ1) is 15.4. The van der Waals surface area contributed by atoms with Gasteiger partial charge in [-0.15, -0.1) is 16.4 Å². The third-order valence-corrected chi connectivity index (χ3v) is 4.01. The van der Waals surface area contributed by atoms with Crippen LogP contribution in [-0.4, -0.2) is 32.8 Å². The smallest absolute Gasteiger partial charge is 0.339 e. The molecule has 0 fully saturated rings. The number of anilines is 1. The van der Waals surface area contributed by atoms with Gasteiger partial charge in [-0.3, -0.25) is 0 Å². The summed E-state index contributed by atoms with van der Waals surface area (Å²) in [5.41, 5.74) is 1.75. The molecule has 0 saturated heterocycles. The number of aromatic nitrogens is 3. The van der Waals surface area contributed by atoms with E-state index in [0.29, 0.717) is 25.2 Å². The number of aromatic carboxylic acids is 1. The molecule has 2 N–H and O–H groups in total. The van der Waals surface area contributed by atoms with Crippen LogP contribution in [0.3, 0.4) is 0 Å². The van der Waals surface area contributed by atoms with Crippen molar-refractivity contribution in [2.45, 2.75) is 33.1 Å². The van der Waals surface area contributed by atoms with Crippen LogP contribution in [0.2, 0.25) is 0 Å². The van der Waals surface area contributed by atoms with E-state index in [2.05, 4.69) is 20.5 Å². The minimum Gasteiger partial charge on any atom is -0.478 e. The lowest BCUT2D eigenvalue weighted by Crippen LogP contribution is -2.16. The summed E-state index contributed by atoms with van der Waals surface area (Å²) in [7, 11) is 0. The van der Waals surface area contributed by atoms with E-state index < -0.39 is 5.97 Å². The molecule has 0 spiro atoms. The summed E-state index contributed by atoms with van der Waals surface area (Å²) in [4.78, 5) is 15.7. The monoisotopic (exact) mass is 306 g/mol. The highest BCUT2D eigenvalue weighted by atomic mass is 32.1. The van der Waals surface area contributed by atoms with Gasteiger partial charge in [-0.05, 0) is 18.4 Å². The summed E-state index contributed by atoms with van der Waals surface area (Å²) < 4.78 is 0. The molecule has 0 unspecified atom stereocenters. The third-order valence-electron chi connectivity index (χ3n) is 3.17. The molecule has 0 aliphatic heterocycles. The summed E-state index contributed by atoms with van der Waals surface area (Å²) in [5.74, 6) is -0.624. The van der Waals surface area contributed by atoms with Gasteiger partial charge in [0.2, 0.25) is 0 Å². The molecule has 6 nitrogen and oxygen atoms in total. The zero-order valence-electron chi connectivity index (χ0n) is 12.1. The van der Waals surface area contributed by atoms with Crippen molar-refractivity contribution in [2.24, 2.45) is 0 Å². The average Bonchev–Trinajstić information content (AvgIpc) is 2.99. The van der Waals surface area contributed by atoms with Crippen LogP contribution in [0.15, 0.2) is 11.6 Å². The Labute approximate surface area is 127 Å². The van der Waals surface area contributed by atoms with Gasteiger partial charge in [-0.1, -0.05) is 13.8 Å². The SMILES string of the molecule is CCc1nnc(NCCc2nccs2)c(C(=O)O)c1CC. The first-order valence-electron chi connectivity index (χ1n) is 6.91. The van der Waals surface area contributed by atoms with E-state index in [1.54, 1.807) is 17.5 Å². The summed E-state index contributed by atoms with van der Waals surface area (Å²) >= 11 is 1.58. The predicted molar refractivity (Wildman–Crippen MR) is 82.1 cm³/mol. The van der Waals surface area contributed by atoms with Crippen LogP contribution in [0.4, 0.5) is 5.82 Å². The minimum atomic E-state index is -0.965. The number of hydrogen-bond acceptors (Lipinski definition) is 6. The zero-order valence-corrected chi connectivity index (χ0v) is 12.9. The van der Waals surface area contributed by atoms with E-state index in [-0.39, 0.29) is 5.56 Å². The molecule has 0 amide bonds. The van der Waals surface area contributed by atoms with Crippen molar-refractivity contribution < 1.29 is 9.90 Å². The van der Waals surface area contributed by atoms with Crippen molar-refractivity contribution >= 4 is 23.1 Å². The largest absolute Gasteiger partial charge is 0.478 e. The van der Waals surface area contributed by atoms with Crippen LogP contribution >= 0.6 is 11.3 Å². The Hall–Kier alpha value is -2.02. The maximum atomic E-state index is 11.5. The van der Waals surface area contributed by atoms with Crippen molar-refractivity contribution in [1.29, 1.82) is 0 Å². The van der Waals surface area contributed by atoms with Gasteiger partial charge in [-0.25, -0.2) is 9.78 Å². The first-order valence-corrected chi connectivity index (χ1v) is 7.79. The second kappa shape index (κ2) is 7.12.